The zero-order valence-corrected chi connectivity index (χ0v) is 11.2. The van der Waals surface area contributed by atoms with Crippen LogP contribution in [0.3, 0.4) is 0 Å². The Kier molecular flexibility index (Phi) is 5.93. The van der Waals surface area contributed by atoms with E-state index in [-0.39, 0.29) is 12.4 Å². The molecule has 1 aromatic rings. The quantitative estimate of drug-likeness (QED) is 0.752. The lowest BCUT2D eigenvalue weighted by atomic mass is 10.2. The summed E-state index contributed by atoms with van der Waals surface area (Å²) in [4.78, 5) is 15.3. The third kappa shape index (κ3) is 5.14. The van der Waals surface area contributed by atoms with Gasteiger partial charge in [0.1, 0.15) is 0 Å². The van der Waals surface area contributed by atoms with Crippen LogP contribution in [0.2, 0.25) is 0 Å². The van der Waals surface area contributed by atoms with Crippen molar-refractivity contribution in [2.45, 2.75) is 13.3 Å². The number of rotatable bonds is 7. The molecular formula is C11H18N2O3S. The van der Waals surface area contributed by atoms with Crippen LogP contribution < -0.4 is 5.32 Å². The average Bonchev–Trinajstić information content (AvgIpc) is 2.74. The van der Waals surface area contributed by atoms with E-state index in [0.29, 0.717) is 12.5 Å². The molecule has 6 heteroatoms. The third-order valence-corrected chi connectivity index (χ3v) is 3.01. The van der Waals surface area contributed by atoms with Crippen molar-refractivity contribution in [3.8, 4) is 0 Å². The van der Waals surface area contributed by atoms with Gasteiger partial charge in [0.15, 0.2) is 5.13 Å². The second kappa shape index (κ2) is 7.24. The number of nitrogens with one attached hydrogen (secondary N) is 1. The number of carbonyl (C=O) groups excluding carboxylic acids is 1. The Morgan fingerprint density at radius 3 is 3.00 bits per heavy atom. The molecule has 0 aliphatic rings. The number of hydrogen-bond donors (Lipinski definition) is 1. The summed E-state index contributed by atoms with van der Waals surface area (Å²) in [6, 6.07) is 0. The van der Waals surface area contributed by atoms with E-state index in [1.807, 2.05) is 5.38 Å². The summed E-state index contributed by atoms with van der Waals surface area (Å²) in [5.41, 5.74) is 0.740. The van der Waals surface area contributed by atoms with Gasteiger partial charge < -0.3 is 14.8 Å². The maximum atomic E-state index is 11.0. The maximum Gasteiger partial charge on any atom is 0.311 e. The molecule has 1 unspecified atom stereocenters. The minimum Gasteiger partial charge on any atom is -0.469 e. The average molecular weight is 258 g/mol. The van der Waals surface area contributed by atoms with Crippen LogP contribution in [0.5, 0.6) is 0 Å². The number of aromatic nitrogens is 1. The van der Waals surface area contributed by atoms with Gasteiger partial charge in [-0.2, -0.15) is 0 Å². The molecule has 1 N–H and O–H groups in total. The third-order valence-electron chi connectivity index (χ3n) is 2.16. The van der Waals surface area contributed by atoms with E-state index < -0.39 is 0 Å². The second-order valence-corrected chi connectivity index (χ2v) is 4.70. The van der Waals surface area contributed by atoms with Crippen molar-refractivity contribution in [2.24, 2.45) is 5.92 Å². The summed E-state index contributed by atoms with van der Waals surface area (Å²) in [6.45, 7) is 3.62. The molecular weight excluding hydrogens is 240 g/mol. The molecule has 96 valence electrons. The van der Waals surface area contributed by atoms with Crippen molar-refractivity contribution < 1.29 is 14.3 Å². The number of methoxy groups -OCH3 is 2. The van der Waals surface area contributed by atoms with Gasteiger partial charge in [-0.05, 0) is 5.92 Å². The highest BCUT2D eigenvalue weighted by molar-refractivity contribution is 7.13. The Balaban J connectivity index is 2.37. The van der Waals surface area contributed by atoms with E-state index in [0.717, 1.165) is 17.4 Å². The van der Waals surface area contributed by atoms with Crippen LogP contribution in [0.25, 0.3) is 0 Å². The van der Waals surface area contributed by atoms with Crippen molar-refractivity contribution in [3.05, 3.63) is 11.1 Å². The lowest BCUT2D eigenvalue weighted by Gasteiger charge is -2.09. The maximum absolute atomic E-state index is 11.0. The van der Waals surface area contributed by atoms with E-state index in [2.05, 4.69) is 22.0 Å². The van der Waals surface area contributed by atoms with Crippen LogP contribution in [-0.4, -0.2) is 38.3 Å². The van der Waals surface area contributed by atoms with Gasteiger partial charge in [0.25, 0.3) is 0 Å². The molecule has 0 aliphatic heterocycles. The summed E-state index contributed by atoms with van der Waals surface area (Å²) in [5, 5.41) is 5.90. The van der Waals surface area contributed by atoms with Crippen LogP contribution in [-0.2, 0) is 20.7 Å². The largest absolute Gasteiger partial charge is 0.469 e. The van der Waals surface area contributed by atoms with Crippen molar-refractivity contribution >= 4 is 22.4 Å². The monoisotopic (exact) mass is 258 g/mol. The molecule has 0 saturated heterocycles. The van der Waals surface area contributed by atoms with Gasteiger partial charge in [-0.3, -0.25) is 4.79 Å². The highest BCUT2D eigenvalue weighted by atomic mass is 32.1. The van der Waals surface area contributed by atoms with Gasteiger partial charge in [0.2, 0.25) is 0 Å². The van der Waals surface area contributed by atoms with Gasteiger partial charge in [-0.15, -0.1) is 11.3 Å². The summed E-state index contributed by atoms with van der Waals surface area (Å²) in [7, 11) is 3.06. The molecule has 0 amide bonds. The molecule has 0 fully saturated rings. The van der Waals surface area contributed by atoms with E-state index in [1.165, 1.54) is 18.4 Å². The summed E-state index contributed by atoms with van der Waals surface area (Å²) < 4.78 is 9.63. The number of nitrogens with zero attached hydrogens (tertiary/aromatic N) is 1. The Morgan fingerprint density at radius 2 is 2.35 bits per heavy atom. The SMILES string of the molecule is COCC(C)CNc1nc(CC(=O)OC)cs1. The van der Waals surface area contributed by atoms with Crippen LogP contribution >= 0.6 is 11.3 Å². The Bertz CT molecular complexity index is 354. The molecule has 0 aromatic carbocycles. The Hall–Kier alpha value is -1.14. The molecule has 1 aromatic heterocycles. The molecule has 1 heterocycles. The van der Waals surface area contributed by atoms with Crippen molar-refractivity contribution in [2.75, 3.05) is 32.7 Å². The molecule has 0 radical (unpaired) electrons. The second-order valence-electron chi connectivity index (χ2n) is 3.84. The summed E-state index contributed by atoms with van der Waals surface area (Å²) in [5.74, 6) is 0.155. The summed E-state index contributed by atoms with van der Waals surface area (Å²) in [6.07, 6.45) is 0.225. The first-order valence-corrected chi connectivity index (χ1v) is 6.27. The van der Waals surface area contributed by atoms with Crippen LogP contribution in [0.1, 0.15) is 12.6 Å². The smallest absolute Gasteiger partial charge is 0.311 e. The van der Waals surface area contributed by atoms with E-state index >= 15 is 0 Å². The zero-order valence-electron chi connectivity index (χ0n) is 10.4. The highest BCUT2D eigenvalue weighted by Gasteiger charge is 2.08. The van der Waals surface area contributed by atoms with Crippen molar-refractivity contribution in [1.29, 1.82) is 0 Å². The zero-order chi connectivity index (χ0) is 12.7. The molecule has 5 nitrogen and oxygen atoms in total. The molecule has 17 heavy (non-hydrogen) atoms. The number of thiazole rings is 1. The minimum atomic E-state index is -0.269. The van der Waals surface area contributed by atoms with E-state index in [9.17, 15) is 4.79 Å². The first-order valence-electron chi connectivity index (χ1n) is 5.39. The van der Waals surface area contributed by atoms with Gasteiger partial charge in [-0.25, -0.2) is 4.98 Å². The van der Waals surface area contributed by atoms with E-state index in [4.69, 9.17) is 4.74 Å². The topological polar surface area (TPSA) is 60.5 Å². The Morgan fingerprint density at radius 1 is 1.59 bits per heavy atom. The fourth-order valence-electron chi connectivity index (χ4n) is 1.29. The van der Waals surface area contributed by atoms with Crippen LogP contribution in [0.4, 0.5) is 5.13 Å². The normalized spacial score (nSPS) is 12.2. The van der Waals surface area contributed by atoms with Gasteiger partial charge in [-0.1, -0.05) is 6.92 Å². The van der Waals surface area contributed by atoms with Gasteiger partial charge in [0, 0.05) is 19.0 Å². The lowest BCUT2D eigenvalue weighted by molar-refractivity contribution is -0.139. The molecule has 1 atom stereocenters. The van der Waals surface area contributed by atoms with Crippen LogP contribution in [0, 0.1) is 5.92 Å². The minimum absolute atomic E-state index is 0.225. The first-order chi connectivity index (χ1) is 8.15. The fourth-order valence-corrected chi connectivity index (χ4v) is 2.01. The van der Waals surface area contributed by atoms with E-state index in [1.54, 1.807) is 7.11 Å². The predicted octanol–water partition coefficient (Wildman–Crippen LogP) is 1.55. The number of esters is 1. The standard InChI is InChI=1S/C11H18N2O3S/c1-8(6-15-2)5-12-11-13-9(7-17-11)4-10(14)16-3/h7-8H,4-6H2,1-3H3,(H,12,13). The number of ether oxygens (including phenoxy) is 2. The molecule has 1 rings (SSSR count). The van der Waals surface area contributed by atoms with Crippen LogP contribution in [0.15, 0.2) is 5.38 Å². The predicted molar refractivity (Wildman–Crippen MR) is 67.4 cm³/mol. The van der Waals surface area contributed by atoms with Gasteiger partial charge >= 0.3 is 5.97 Å². The number of hydrogen-bond acceptors (Lipinski definition) is 6. The molecule has 0 spiro atoms. The van der Waals surface area contributed by atoms with Gasteiger partial charge in [0.05, 0.1) is 25.8 Å². The number of carbonyl (C=O) groups is 1. The lowest BCUT2D eigenvalue weighted by Crippen LogP contribution is -2.15. The molecule has 0 bridgehead atoms. The highest BCUT2D eigenvalue weighted by Crippen LogP contribution is 2.16. The first kappa shape index (κ1) is 13.9. The fraction of sp³-hybridized carbons (Fsp3) is 0.636. The molecule has 0 saturated carbocycles. The van der Waals surface area contributed by atoms with Crippen molar-refractivity contribution in [3.63, 3.8) is 0 Å². The summed E-state index contributed by atoms with van der Waals surface area (Å²) >= 11 is 1.49. The molecule has 0 aliphatic carbocycles. The Labute approximate surface area is 105 Å². The van der Waals surface area contributed by atoms with Crippen molar-refractivity contribution in [1.82, 2.24) is 4.98 Å². The number of anilines is 1.